The van der Waals surface area contributed by atoms with E-state index in [2.05, 4.69) is 4.98 Å². The maximum atomic E-state index is 13.3. The molecule has 0 aliphatic carbocycles. The maximum Gasteiger partial charge on any atom is 0.330 e. The summed E-state index contributed by atoms with van der Waals surface area (Å²) in [6, 6.07) is 22.9. The van der Waals surface area contributed by atoms with Crippen LogP contribution >= 0.6 is 0 Å². The monoisotopic (exact) mass is 470 g/mol. The first-order valence-electron chi connectivity index (χ1n) is 11.1. The number of methoxy groups -OCH3 is 1. The highest BCUT2D eigenvalue weighted by atomic mass is 16.5. The number of amides is 1. The lowest BCUT2D eigenvalue weighted by Crippen LogP contribution is -2.42. The van der Waals surface area contributed by atoms with Gasteiger partial charge >= 0.3 is 5.69 Å². The fourth-order valence-corrected chi connectivity index (χ4v) is 3.92. The molecule has 0 saturated carbocycles. The number of rotatable bonds is 8. The summed E-state index contributed by atoms with van der Waals surface area (Å²) >= 11 is 0. The predicted molar refractivity (Wildman–Crippen MR) is 138 cm³/mol. The number of aromatic nitrogens is 2. The van der Waals surface area contributed by atoms with Gasteiger partial charge in [0.1, 0.15) is 5.82 Å². The molecule has 3 aromatic carbocycles. The van der Waals surface area contributed by atoms with Crippen LogP contribution in [0.25, 0.3) is 16.8 Å². The largest absolute Gasteiger partial charge is 0.383 e. The van der Waals surface area contributed by atoms with E-state index < -0.39 is 17.2 Å². The summed E-state index contributed by atoms with van der Waals surface area (Å²) in [6.45, 7) is 0.393. The van der Waals surface area contributed by atoms with Crippen LogP contribution in [0.5, 0.6) is 0 Å². The number of carbonyl (C=O) groups excluding carboxylic acids is 1. The Morgan fingerprint density at radius 3 is 2.51 bits per heavy atom. The van der Waals surface area contributed by atoms with E-state index in [1.165, 1.54) is 22.7 Å². The third-order valence-corrected chi connectivity index (χ3v) is 5.68. The highest BCUT2D eigenvalue weighted by Gasteiger charge is 2.23. The van der Waals surface area contributed by atoms with Crippen LogP contribution in [0.1, 0.15) is 11.1 Å². The van der Waals surface area contributed by atoms with Crippen molar-refractivity contribution in [3.8, 4) is 0 Å². The minimum atomic E-state index is -0.736. The fraction of sp³-hybridized carbons (Fsp3) is 0.148. The van der Waals surface area contributed by atoms with Crippen LogP contribution in [-0.4, -0.2) is 35.7 Å². The number of hydrogen-bond donors (Lipinski definition) is 2. The van der Waals surface area contributed by atoms with Gasteiger partial charge in [0, 0.05) is 19.7 Å². The SMILES string of the molecule is COCCN(C(=O)/C=C/c1cccc2ccccc12)c1c(N)n(Cc2ccccc2)c(=O)[nH]c1=O. The van der Waals surface area contributed by atoms with Crippen molar-refractivity contribution in [2.24, 2.45) is 0 Å². The number of nitrogens with zero attached hydrogens (tertiary/aromatic N) is 2. The van der Waals surface area contributed by atoms with Crippen molar-refractivity contribution in [3.05, 3.63) is 111 Å². The summed E-state index contributed by atoms with van der Waals surface area (Å²) in [7, 11) is 1.50. The van der Waals surface area contributed by atoms with Gasteiger partial charge in [-0.25, -0.2) is 4.79 Å². The first kappa shape index (κ1) is 23.7. The highest BCUT2D eigenvalue weighted by Crippen LogP contribution is 2.21. The van der Waals surface area contributed by atoms with E-state index >= 15 is 0 Å². The molecule has 0 unspecified atom stereocenters. The van der Waals surface area contributed by atoms with Gasteiger partial charge in [-0.1, -0.05) is 72.8 Å². The molecule has 0 aliphatic rings. The molecule has 0 atom stereocenters. The zero-order valence-electron chi connectivity index (χ0n) is 19.3. The van der Waals surface area contributed by atoms with Crippen molar-refractivity contribution in [3.63, 3.8) is 0 Å². The van der Waals surface area contributed by atoms with Gasteiger partial charge in [0.15, 0.2) is 5.69 Å². The summed E-state index contributed by atoms with van der Waals surface area (Å²) in [5, 5.41) is 2.04. The number of H-pyrrole nitrogens is 1. The number of ether oxygens (including phenoxy) is 1. The lowest BCUT2D eigenvalue weighted by molar-refractivity contribution is -0.114. The molecule has 0 aliphatic heterocycles. The highest BCUT2D eigenvalue weighted by molar-refractivity contribution is 6.06. The molecule has 0 spiro atoms. The zero-order valence-corrected chi connectivity index (χ0v) is 19.3. The Morgan fingerprint density at radius 1 is 1.03 bits per heavy atom. The average Bonchev–Trinajstić information content (AvgIpc) is 2.87. The van der Waals surface area contributed by atoms with Crippen LogP contribution in [-0.2, 0) is 16.1 Å². The molecule has 4 rings (SSSR count). The number of nitrogen functional groups attached to an aromatic ring is 1. The molecular formula is C27H26N4O4. The molecule has 0 bridgehead atoms. The number of benzene rings is 3. The van der Waals surface area contributed by atoms with E-state index in [1.807, 2.05) is 72.8 Å². The van der Waals surface area contributed by atoms with Gasteiger partial charge < -0.3 is 10.5 Å². The second-order valence-electron chi connectivity index (χ2n) is 7.95. The van der Waals surface area contributed by atoms with Gasteiger partial charge in [0.2, 0.25) is 0 Å². The minimum absolute atomic E-state index is 0.0754. The molecule has 0 saturated heterocycles. The molecule has 3 N–H and O–H groups in total. The van der Waals surface area contributed by atoms with E-state index in [9.17, 15) is 14.4 Å². The van der Waals surface area contributed by atoms with Gasteiger partial charge in [-0.2, -0.15) is 0 Å². The molecular weight excluding hydrogens is 444 g/mol. The Bertz CT molecular complexity index is 1480. The Balaban J connectivity index is 1.73. The van der Waals surface area contributed by atoms with Gasteiger partial charge in [0.05, 0.1) is 13.2 Å². The average molecular weight is 471 g/mol. The number of fused-ring (bicyclic) bond motifs is 1. The van der Waals surface area contributed by atoms with Crippen molar-refractivity contribution in [2.75, 3.05) is 30.9 Å². The number of aromatic amines is 1. The van der Waals surface area contributed by atoms with Crippen molar-refractivity contribution < 1.29 is 9.53 Å². The maximum absolute atomic E-state index is 13.3. The van der Waals surface area contributed by atoms with Gasteiger partial charge in [0.25, 0.3) is 11.5 Å². The van der Waals surface area contributed by atoms with Crippen LogP contribution in [0.4, 0.5) is 11.5 Å². The van der Waals surface area contributed by atoms with Crippen LogP contribution in [0, 0.1) is 0 Å². The van der Waals surface area contributed by atoms with Gasteiger partial charge in [-0.05, 0) is 28.0 Å². The molecule has 8 heteroatoms. The van der Waals surface area contributed by atoms with Crippen molar-refractivity contribution in [1.82, 2.24) is 9.55 Å². The van der Waals surface area contributed by atoms with Crippen LogP contribution in [0.3, 0.4) is 0 Å². The third-order valence-electron chi connectivity index (χ3n) is 5.68. The Labute approximate surface area is 201 Å². The molecule has 1 heterocycles. The molecule has 0 fully saturated rings. The molecule has 8 nitrogen and oxygen atoms in total. The van der Waals surface area contributed by atoms with Crippen LogP contribution < -0.4 is 21.9 Å². The quantitative estimate of drug-likeness (QED) is 0.385. The van der Waals surface area contributed by atoms with Crippen molar-refractivity contribution in [2.45, 2.75) is 6.54 Å². The third kappa shape index (κ3) is 5.23. The van der Waals surface area contributed by atoms with Crippen molar-refractivity contribution in [1.29, 1.82) is 0 Å². The Hall–Kier alpha value is -4.43. The van der Waals surface area contributed by atoms with E-state index in [0.29, 0.717) is 0 Å². The summed E-state index contributed by atoms with van der Waals surface area (Å²) in [6.07, 6.45) is 3.10. The molecule has 1 amide bonds. The number of anilines is 2. The van der Waals surface area contributed by atoms with E-state index in [-0.39, 0.29) is 31.2 Å². The molecule has 0 radical (unpaired) electrons. The minimum Gasteiger partial charge on any atom is -0.383 e. The second kappa shape index (κ2) is 10.7. The molecule has 4 aromatic rings. The molecule has 1 aromatic heterocycles. The van der Waals surface area contributed by atoms with Gasteiger partial charge in [-0.3, -0.25) is 24.0 Å². The summed E-state index contributed by atoms with van der Waals surface area (Å²) in [5.41, 5.74) is 6.52. The van der Waals surface area contributed by atoms with E-state index in [4.69, 9.17) is 10.5 Å². The van der Waals surface area contributed by atoms with Crippen molar-refractivity contribution >= 4 is 34.3 Å². The second-order valence-corrected chi connectivity index (χ2v) is 7.95. The lowest BCUT2D eigenvalue weighted by Gasteiger charge is -2.23. The predicted octanol–water partition coefficient (Wildman–Crippen LogP) is 3.01. The molecule has 178 valence electrons. The van der Waals surface area contributed by atoms with Crippen LogP contribution in [0.15, 0.2) is 88.5 Å². The fourth-order valence-electron chi connectivity index (χ4n) is 3.92. The first-order chi connectivity index (χ1) is 17.0. The normalized spacial score (nSPS) is 11.2. The van der Waals surface area contributed by atoms with Gasteiger partial charge in [-0.15, -0.1) is 0 Å². The zero-order chi connectivity index (χ0) is 24.8. The Kier molecular flexibility index (Phi) is 7.23. The number of nitrogens with two attached hydrogens (primary N) is 1. The first-order valence-corrected chi connectivity index (χ1v) is 11.1. The van der Waals surface area contributed by atoms with E-state index in [0.717, 1.165) is 21.9 Å². The standard InChI is InChI=1S/C27H26N4O4/c1-35-17-16-30(23(32)15-14-21-12-7-11-20-10-5-6-13-22(20)21)24-25(28)31(27(34)29-26(24)33)18-19-8-3-2-4-9-19/h2-15H,16-18,28H2,1H3,(H,29,33,34)/b15-14+. The lowest BCUT2D eigenvalue weighted by atomic mass is 10.0. The number of nitrogens with one attached hydrogen (secondary N) is 1. The van der Waals surface area contributed by atoms with E-state index in [1.54, 1.807) is 6.08 Å². The molecule has 35 heavy (non-hydrogen) atoms. The number of hydrogen-bond acceptors (Lipinski definition) is 5. The summed E-state index contributed by atoms with van der Waals surface area (Å²) in [4.78, 5) is 42.2. The Morgan fingerprint density at radius 2 is 1.74 bits per heavy atom. The summed E-state index contributed by atoms with van der Waals surface area (Å²) in [5.74, 6) is -0.553. The number of carbonyl (C=O) groups is 1. The smallest absolute Gasteiger partial charge is 0.330 e. The summed E-state index contributed by atoms with van der Waals surface area (Å²) < 4.78 is 6.40. The van der Waals surface area contributed by atoms with Crippen LogP contribution in [0.2, 0.25) is 0 Å². The topological polar surface area (TPSA) is 110 Å².